The summed E-state index contributed by atoms with van der Waals surface area (Å²) in [4.78, 5) is 16.6. The largest absolute Gasteiger partial charge is 0.339 e. The van der Waals surface area contributed by atoms with E-state index in [2.05, 4.69) is 16.3 Å². The minimum Gasteiger partial charge on any atom is -0.339 e. The Balaban J connectivity index is 1.93. The van der Waals surface area contributed by atoms with Gasteiger partial charge in [0, 0.05) is 32.7 Å². The average Bonchev–Trinajstić information content (AvgIpc) is 2.86. The van der Waals surface area contributed by atoms with Crippen molar-refractivity contribution in [3.05, 3.63) is 0 Å². The molecule has 0 spiro atoms. The van der Waals surface area contributed by atoms with E-state index in [1.165, 1.54) is 0 Å². The first-order valence-electron chi connectivity index (χ1n) is 6.85. The Bertz CT molecular complexity index is 332. The van der Waals surface area contributed by atoms with Crippen molar-refractivity contribution in [3.63, 3.8) is 0 Å². The van der Waals surface area contributed by atoms with Crippen LogP contribution in [-0.4, -0.2) is 61.0 Å². The molecule has 5 heteroatoms. The predicted octanol–water partition coefficient (Wildman–Crippen LogP) is 0.0423. The second-order valence-electron chi connectivity index (χ2n) is 5.26. The number of nitrogens with zero attached hydrogens (tertiary/aromatic N) is 3. The molecule has 2 saturated heterocycles. The summed E-state index contributed by atoms with van der Waals surface area (Å²) in [6.45, 7) is 7.02. The molecule has 100 valence electrons. The number of piperazine rings is 1. The molecule has 0 radical (unpaired) electrons. The molecule has 2 aliphatic heterocycles. The maximum atomic E-state index is 12.5. The zero-order valence-electron chi connectivity index (χ0n) is 11.1. The van der Waals surface area contributed by atoms with Gasteiger partial charge in [-0.3, -0.25) is 9.69 Å². The highest BCUT2D eigenvalue weighted by Crippen LogP contribution is 2.20. The molecule has 1 amide bonds. The van der Waals surface area contributed by atoms with E-state index in [-0.39, 0.29) is 17.9 Å². The van der Waals surface area contributed by atoms with Gasteiger partial charge in [0.15, 0.2) is 0 Å². The minimum absolute atomic E-state index is 0.00132. The number of hydrogen-bond acceptors (Lipinski definition) is 4. The van der Waals surface area contributed by atoms with E-state index in [0.717, 1.165) is 52.1 Å². The van der Waals surface area contributed by atoms with Gasteiger partial charge in [0.1, 0.15) is 0 Å². The van der Waals surface area contributed by atoms with Crippen LogP contribution >= 0.6 is 0 Å². The molecule has 1 N–H and O–H groups in total. The monoisotopic (exact) mass is 250 g/mol. The molecular weight excluding hydrogens is 228 g/mol. The third-order valence-electron chi connectivity index (χ3n) is 3.81. The Morgan fingerprint density at radius 3 is 2.83 bits per heavy atom. The standard InChI is InChI=1S/C13H22N4O/c1-11(9-14)10-17-6-2-3-12(17)13(18)16-7-4-15-5-8-16/h11-12,15H,2-8,10H2,1H3. The highest BCUT2D eigenvalue weighted by molar-refractivity contribution is 5.82. The predicted molar refractivity (Wildman–Crippen MR) is 68.8 cm³/mol. The number of amides is 1. The lowest BCUT2D eigenvalue weighted by Crippen LogP contribution is -2.52. The van der Waals surface area contributed by atoms with Gasteiger partial charge in [-0.2, -0.15) is 5.26 Å². The molecule has 0 aromatic carbocycles. The third-order valence-corrected chi connectivity index (χ3v) is 3.81. The van der Waals surface area contributed by atoms with Gasteiger partial charge in [-0.05, 0) is 26.3 Å². The summed E-state index contributed by atoms with van der Waals surface area (Å²) in [6.07, 6.45) is 2.02. The van der Waals surface area contributed by atoms with Crippen molar-refractivity contribution < 1.29 is 4.79 Å². The van der Waals surface area contributed by atoms with Gasteiger partial charge in [0.2, 0.25) is 5.91 Å². The summed E-state index contributed by atoms with van der Waals surface area (Å²) in [5.41, 5.74) is 0. The van der Waals surface area contributed by atoms with Crippen molar-refractivity contribution >= 4 is 5.91 Å². The molecule has 2 unspecified atom stereocenters. The Morgan fingerprint density at radius 2 is 2.17 bits per heavy atom. The first-order valence-corrected chi connectivity index (χ1v) is 6.85. The van der Waals surface area contributed by atoms with Gasteiger partial charge in [-0.25, -0.2) is 0 Å². The molecule has 5 nitrogen and oxygen atoms in total. The summed E-state index contributed by atoms with van der Waals surface area (Å²) in [5.74, 6) is 0.264. The Labute approximate surface area is 109 Å². The fraction of sp³-hybridized carbons (Fsp3) is 0.846. The summed E-state index contributed by atoms with van der Waals surface area (Å²) < 4.78 is 0. The first kappa shape index (κ1) is 13.3. The molecule has 0 aromatic heterocycles. The van der Waals surface area contributed by atoms with E-state index < -0.39 is 0 Å². The maximum Gasteiger partial charge on any atom is 0.240 e. The zero-order chi connectivity index (χ0) is 13.0. The van der Waals surface area contributed by atoms with Crippen molar-refractivity contribution in [2.75, 3.05) is 39.3 Å². The molecule has 0 bridgehead atoms. The third kappa shape index (κ3) is 3.01. The maximum absolute atomic E-state index is 12.5. The second-order valence-corrected chi connectivity index (χ2v) is 5.26. The summed E-state index contributed by atoms with van der Waals surface area (Å²) in [7, 11) is 0. The number of likely N-dealkylation sites (tertiary alicyclic amines) is 1. The Morgan fingerprint density at radius 1 is 1.44 bits per heavy atom. The van der Waals surface area contributed by atoms with Crippen LogP contribution in [0.3, 0.4) is 0 Å². The van der Waals surface area contributed by atoms with Crippen LogP contribution in [0.1, 0.15) is 19.8 Å². The van der Waals surface area contributed by atoms with Crippen molar-refractivity contribution in [2.24, 2.45) is 5.92 Å². The van der Waals surface area contributed by atoms with Gasteiger partial charge >= 0.3 is 0 Å². The molecular formula is C13H22N4O. The number of carbonyl (C=O) groups excluding carboxylic acids is 1. The van der Waals surface area contributed by atoms with Crippen molar-refractivity contribution in [1.29, 1.82) is 5.26 Å². The Hall–Kier alpha value is -1.12. The van der Waals surface area contributed by atoms with E-state index in [1.807, 2.05) is 11.8 Å². The van der Waals surface area contributed by atoms with Crippen LogP contribution in [-0.2, 0) is 4.79 Å². The van der Waals surface area contributed by atoms with E-state index >= 15 is 0 Å². The van der Waals surface area contributed by atoms with Crippen LogP contribution in [0.4, 0.5) is 0 Å². The quantitative estimate of drug-likeness (QED) is 0.768. The summed E-state index contributed by atoms with van der Waals surface area (Å²) >= 11 is 0. The van der Waals surface area contributed by atoms with Gasteiger partial charge in [-0.1, -0.05) is 0 Å². The van der Waals surface area contributed by atoms with E-state index in [1.54, 1.807) is 0 Å². The van der Waals surface area contributed by atoms with Crippen molar-refractivity contribution in [1.82, 2.24) is 15.1 Å². The van der Waals surface area contributed by atoms with Crippen LogP contribution in [0.5, 0.6) is 0 Å². The van der Waals surface area contributed by atoms with Gasteiger partial charge in [-0.15, -0.1) is 0 Å². The average molecular weight is 250 g/mol. The van der Waals surface area contributed by atoms with Crippen LogP contribution in [0.25, 0.3) is 0 Å². The number of hydrogen-bond donors (Lipinski definition) is 1. The summed E-state index contributed by atoms with van der Waals surface area (Å²) in [5, 5.41) is 12.2. The first-order chi connectivity index (χ1) is 8.72. The SMILES string of the molecule is CC(C#N)CN1CCCC1C(=O)N1CCNCC1. The molecule has 0 saturated carbocycles. The van der Waals surface area contributed by atoms with Gasteiger partial charge in [0.25, 0.3) is 0 Å². The number of nitrogens with one attached hydrogen (secondary N) is 1. The lowest BCUT2D eigenvalue weighted by atomic mass is 10.1. The zero-order valence-corrected chi connectivity index (χ0v) is 11.1. The fourth-order valence-corrected chi connectivity index (χ4v) is 2.81. The molecule has 2 rings (SSSR count). The molecule has 2 fully saturated rings. The van der Waals surface area contributed by atoms with E-state index in [9.17, 15) is 4.79 Å². The minimum atomic E-state index is 0.00132. The van der Waals surface area contributed by atoms with Crippen LogP contribution in [0.2, 0.25) is 0 Å². The number of nitriles is 1. The van der Waals surface area contributed by atoms with Crippen molar-refractivity contribution in [3.8, 4) is 6.07 Å². The van der Waals surface area contributed by atoms with Crippen molar-refractivity contribution in [2.45, 2.75) is 25.8 Å². The van der Waals surface area contributed by atoms with Crippen LogP contribution in [0, 0.1) is 17.2 Å². The smallest absolute Gasteiger partial charge is 0.240 e. The highest BCUT2D eigenvalue weighted by Gasteiger charge is 2.34. The lowest BCUT2D eigenvalue weighted by molar-refractivity contribution is -0.136. The highest BCUT2D eigenvalue weighted by atomic mass is 16.2. The summed E-state index contributed by atoms with van der Waals surface area (Å²) in [6, 6.07) is 2.27. The molecule has 0 aromatic rings. The molecule has 2 heterocycles. The normalized spacial score (nSPS) is 26.9. The number of rotatable bonds is 3. The van der Waals surface area contributed by atoms with Crippen LogP contribution < -0.4 is 5.32 Å². The van der Waals surface area contributed by atoms with Gasteiger partial charge < -0.3 is 10.2 Å². The lowest BCUT2D eigenvalue weighted by Gasteiger charge is -2.33. The molecule has 2 aliphatic rings. The van der Waals surface area contributed by atoms with E-state index in [0.29, 0.717) is 0 Å². The molecule has 18 heavy (non-hydrogen) atoms. The topological polar surface area (TPSA) is 59.4 Å². The van der Waals surface area contributed by atoms with Crippen LogP contribution in [0.15, 0.2) is 0 Å². The van der Waals surface area contributed by atoms with E-state index in [4.69, 9.17) is 5.26 Å². The second kappa shape index (κ2) is 6.17. The molecule has 0 aliphatic carbocycles. The Kier molecular flexibility index (Phi) is 4.56. The van der Waals surface area contributed by atoms with Gasteiger partial charge in [0.05, 0.1) is 18.0 Å². The number of carbonyl (C=O) groups is 1. The fourth-order valence-electron chi connectivity index (χ4n) is 2.81. The molecule has 2 atom stereocenters.